The Hall–Kier alpha value is -3.87. The van der Waals surface area contributed by atoms with Crippen LogP contribution in [0.2, 0.25) is 0 Å². The largest absolute Gasteiger partial charge is 0.457 e. The Morgan fingerprint density at radius 1 is 1.09 bits per heavy atom. The van der Waals surface area contributed by atoms with Gasteiger partial charge in [-0.2, -0.15) is 0 Å². The quantitative estimate of drug-likeness (QED) is 0.511. The molecule has 1 aliphatic heterocycles. The normalized spacial score (nSPS) is 13.2. The number of allylic oxidation sites excluding steroid dienone is 1. The molecule has 1 aromatic heterocycles. The standard InChI is InChI=1S/C26H23F2N3O2.H2/c1-15-13-30-17(3)25(15)23-12-21(7-8-29-23)33-24-6-4-5-22(16(24)2)26(32)31-14-18-9-19(27)11-20(28)10-18;/h4-12H,13-14H2,1-3H3,(H,31,32);1H. The van der Waals surface area contributed by atoms with Gasteiger partial charge in [-0.3, -0.25) is 14.8 Å². The minimum atomic E-state index is -0.687. The Morgan fingerprint density at radius 2 is 1.85 bits per heavy atom. The molecular weight excluding hydrogens is 424 g/mol. The molecule has 0 fully saturated rings. The highest BCUT2D eigenvalue weighted by Gasteiger charge is 2.17. The number of hydrogen-bond donors (Lipinski definition) is 1. The van der Waals surface area contributed by atoms with Crippen LogP contribution in [0.15, 0.2) is 65.3 Å². The second-order valence-corrected chi connectivity index (χ2v) is 7.92. The number of nitrogens with one attached hydrogen (secondary N) is 1. The highest BCUT2D eigenvalue weighted by atomic mass is 19.1. The Labute approximate surface area is 192 Å². The minimum absolute atomic E-state index is 0. The van der Waals surface area contributed by atoms with Crippen molar-refractivity contribution in [3.05, 3.63) is 94.3 Å². The lowest BCUT2D eigenvalue weighted by molar-refractivity contribution is 0.0950. The summed E-state index contributed by atoms with van der Waals surface area (Å²) in [5.41, 5.74) is 5.32. The average molecular weight is 450 g/mol. The van der Waals surface area contributed by atoms with Gasteiger partial charge in [0.2, 0.25) is 0 Å². The van der Waals surface area contributed by atoms with Crippen molar-refractivity contribution in [2.75, 3.05) is 6.54 Å². The van der Waals surface area contributed by atoms with Crippen LogP contribution in [0.1, 0.15) is 42.5 Å². The van der Waals surface area contributed by atoms with E-state index in [9.17, 15) is 13.6 Å². The highest BCUT2D eigenvalue weighted by molar-refractivity contribution is 6.24. The number of hydrogen-bond acceptors (Lipinski definition) is 4. The van der Waals surface area contributed by atoms with Gasteiger partial charge in [0.15, 0.2) is 0 Å². The van der Waals surface area contributed by atoms with Crippen LogP contribution in [-0.4, -0.2) is 23.1 Å². The van der Waals surface area contributed by atoms with Crippen molar-refractivity contribution in [1.82, 2.24) is 10.3 Å². The molecule has 0 unspecified atom stereocenters. The molecule has 1 aliphatic rings. The zero-order valence-electron chi connectivity index (χ0n) is 18.6. The minimum Gasteiger partial charge on any atom is -0.457 e. The third-order valence-electron chi connectivity index (χ3n) is 5.46. The van der Waals surface area contributed by atoms with Crippen molar-refractivity contribution < 1.29 is 19.7 Å². The number of ether oxygens (including phenoxy) is 1. The van der Waals surface area contributed by atoms with Gasteiger partial charge in [0.05, 0.1) is 12.2 Å². The third kappa shape index (κ3) is 4.98. The molecule has 4 rings (SSSR count). The van der Waals surface area contributed by atoms with Gasteiger partial charge in [0.25, 0.3) is 5.91 Å². The van der Waals surface area contributed by atoms with E-state index in [0.717, 1.165) is 28.6 Å². The molecule has 170 valence electrons. The third-order valence-corrected chi connectivity index (χ3v) is 5.46. The van der Waals surface area contributed by atoms with Crippen LogP contribution in [0.4, 0.5) is 8.78 Å². The molecular formula is C26H25F2N3O2. The Kier molecular flexibility index (Phi) is 6.31. The van der Waals surface area contributed by atoms with E-state index in [0.29, 0.717) is 34.7 Å². The maximum absolute atomic E-state index is 13.4. The molecule has 0 atom stereocenters. The van der Waals surface area contributed by atoms with Crippen LogP contribution in [-0.2, 0) is 6.54 Å². The fraction of sp³-hybridized carbons (Fsp3) is 0.192. The number of nitrogens with zero attached hydrogens (tertiary/aromatic N) is 2. The van der Waals surface area contributed by atoms with E-state index in [2.05, 4.69) is 15.3 Å². The summed E-state index contributed by atoms with van der Waals surface area (Å²) in [6.45, 7) is 6.46. The van der Waals surface area contributed by atoms with E-state index in [4.69, 9.17) is 4.74 Å². The summed E-state index contributed by atoms with van der Waals surface area (Å²) in [6, 6.07) is 11.9. The number of benzene rings is 2. The summed E-state index contributed by atoms with van der Waals surface area (Å²) in [5.74, 6) is -0.619. The number of aliphatic imine (C=N–C) groups is 1. The lowest BCUT2D eigenvalue weighted by Crippen LogP contribution is -2.23. The van der Waals surface area contributed by atoms with E-state index in [1.807, 2.05) is 19.9 Å². The number of halogens is 2. The van der Waals surface area contributed by atoms with Crippen molar-refractivity contribution in [1.29, 1.82) is 0 Å². The number of carbonyl (C=O) groups is 1. The number of amides is 1. The maximum Gasteiger partial charge on any atom is 0.251 e. The van der Waals surface area contributed by atoms with Crippen molar-refractivity contribution in [3.63, 3.8) is 0 Å². The first kappa shape index (κ1) is 22.3. The number of carbonyl (C=O) groups excluding carboxylic acids is 1. The van der Waals surface area contributed by atoms with Crippen LogP contribution in [0.3, 0.4) is 0 Å². The lowest BCUT2D eigenvalue weighted by atomic mass is 10.0. The van der Waals surface area contributed by atoms with Crippen molar-refractivity contribution >= 4 is 17.2 Å². The van der Waals surface area contributed by atoms with Gasteiger partial charge in [-0.25, -0.2) is 8.78 Å². The van der Waals surface area contributed by atoms with Crippen LogP contribution in [0.5, 0.6) is 11.5 Å². The molecule has 1 N–H and O–H groups in total. The van der Waals surface area contributed by atoms with Crippen LogP contribution >= 0.6 is 0 Å². The summed E-state index contributed by atoms with van der Waals surface area (Å²) in [5, 5.41) is 2.70. The summed E-state index contributed by atoms with van der Waals surface area (Å²) in [4.78, 5) is 21.6. The number of rotatable bonds is 6. The molecule has 2 heterocycles. The van der Waals surface area contributed by atoms with Crippen molar-refractivity contribution in [3.8, 4) is 11.5 Å². The summed E-state index contributed by atoms with van der Waals surface area (Å²) < 4.78 is 32.9. The SMILES string of the molecule is CC1=NCC(C)=C1c1cc(Oc2cccc(C(=O)NCc3cc(F)cc(F)c3)c2C)ccn1.[HH]. The van der Waals surface area contributed by atoms with Gasteiger partial charge >= 0.3 is 0 Å². The topological polar surface area (TPSA) is 63.6 Å². The molecule has 33 heavy (non-hydrogen) atoms. The fourth-order valence-corrected chi connectivity index (χ4v) is 3.81. The lowest BCUT2D eigenvalue weighted by Gasteiger charge is -2.14. The Balaban J connectivity index is 0.00000324. The molecule has 5 nitrogen and oxygen atoms in total. The Morgan fingerprint density at radius 3 is 2.55 bits per heavy atom. The summed E-state index contributed by atoms with van der Waals surface area (Å²) in [7, 11) is 0. The molecule has 0 saturated carbocycles. The van der Waals surface area contributed by atoms with Gasteiger partial charge < -0.3 is 10.1 Å². The van der Waals surface area contributed by atoms with Gasteiger partial charge in [-0.15, -0.1) is 0 Å². The average Bonchev–Trinajstić information content (AvgIpc) is 3.11. The van der Waals surface area contributed by atoms with Gasteiger partial charge in [-0.1, -0.05) is 6.07 Å². The van der Waals surface area contributed by atoms with Crippen molar-refractivity contribution in [2.24, 2.45) is 4.99 Å². The van der Waals surface area contributed by atoms with Crippen LogP contribution in [0, 0.1) is 18.6 Å². The van der Waals surface area contributed by atoms with Gasteiger partial charge in [0, 0.05) is 48.7 Å². The number of pyridine rings is 1. The molecule has 7 heteroatoms. The van der Waals surface area contributed by atoms with E-state index in [1.165, 1.54) is 12.1 Å². The summed E-state index contributed by atoms with van der Waals surface area (Å²) >= 11 is 0. The van der Waals surface area contributed by atoms with E-state index in [1.54, 1.807) is 37.4 Å². The predicted molar refractivity (Wildman–Crippen MR) is 126 cm³/mol. The molecule has 0 saturated heterocycles. The first-order valence-corrected chi connectivity index (χ1v) is 10.5. The zero-order chi connectivity index (χ0) is 23.5. The smallest absolute Gasteiger partial charge is 0.251 e. The maximum atomic E-state index is 13.4. The molecule has 0 aliphatic carbocycles. The van der Waals surface area contributed by atoms with E-state index >= 15 is 0 Å². The second kappa shape index (κ2) is 9.32. The van der Waals surface area contributed by atoms with Gasteiger partial charge in [-0.05, 0) is 62.2 Å². The van der Waals surface area contributed by atoms with Crippen LogP contribution < -0.4 is 10.1 Å². The van der Waals surface area contributed by atoms with E-state index in [-0.39, 0.29) is 13.9 Å². The monoisotopic (exact) mass is 449 g/mol. The van der Waals surface area contributed by atoms with Crippen molar-refractivity contribution in [2.45, 2.75) is 27.3 Å². The fourth-order valence-electron chi connectivity index (χ4n) is 3.81. The second-order valence-electron chi connectivity index (χ2n) is 7.92. The number of aromatic nitrogens is 1. The van der Waals surface area contributed by atoms with E-state index < -0.39 is 11.6 Å². The predicted octanol–water partition coefficient (Wildman–Crippen LogP) is 5.88. The Bertz CT molecular complexity index is 1280. The molecule has 0 spiro atoms. The zero-order valence-corrected chi connectivity index (χ0v) is 18.6. The first-order chi connectivity index (χ1) is 15.8. The molecule has 2 aromatic carbocycles. The molecule has 0 radical (unpaired) electrons. The first-order valence-electron chi connectivity index (χ1n) is 10.5. The molecule has 0 bridgehead atoms. The van der Waals surface area contributed by atoms with Gasteiger partial charge in [0.1, 0.15) is 23.1 Å². The molecule has 3 aromatic rings. The van der Waals surface area contributed by atoms with Crippen LogP contribution in [0.25, 0.3) is 5.57 Å². The highest BCUT2D eigenvalue weighted by Crippen LogP contribution is 2.30. The summed E-state index contributed by atoms with van der Waals surface area (Å²) in [6.07, 6.45) is 1.68. The molecule has 1 amide bonds.